The lowest BCUT2D eigenvalue weighted by Crippen LogP contribution is -2.10. The Labute approximate surface area is 180 Å². The van der Waals surface area contributed by atoms with Crippen LogP contribution in [0.5, 0.6) is 0 Å². The largest absolute Gasteiger partial charge is 0.404 e. The lowest BCUT2D eigenvalue weighted by atomic mass is 10.0. The average molecular weight is 413 g/mol. The summed E-state index contributed by atoms with van der Waals surface area (Å²) in [5, 5.41) is 15.5. The smallest absolute Gasteiger partial charge is 0.139 e. The van der Waals surface area contributed by atoms with Gasteiger partial charge in [0.1, 0.15) is 11.4 Å². The third-order valence-electron chi connectivity index (χ3n) is 4.87. The highest BCUT2D eigenvalue weighted by molar-refractivity contribution is 6.10. The normalized spacial score (nSPS) is 12.1. The third kappa shape index (κ3) is 4.49. The van der Waals surface area contributed by atoms with Crippen LogP contribution in [0.3, 0.4) is 0 Å². The molecule has 0 atom stereocenters. The summed E-state index contributed by atoms with van der Waals surface area (Å²) in [4.78, 5) is 13.6. The van der Waals surface area contributed by atoms with Crippen LogP contribution in [0.1, 0.15) is 11.3 Å². The minimum atomic E-state index is 0.681. The molecule has 8 nitrogen and oxygen atoms in total. The second kappa shape index (κ2) is 9.27. The zero-order chi connectivity index (χ0) is 21.6. The maximum Gasteiger partial charge on any atom is 0.139 e. The maximum absolute atomic E-state index is 5.84. The zero-order valence-corrected chi connectivity index (χ0v) is 17.5. The van der Waals surface area contributed by atoms with Gasteiger partial charge in [-0.3, -0.25) is 15.0 Å². The maximum atomic E-state index is 5.84. The van der Waals surface area contributed by atoms with E-state index >= 15 is 0 Å². The van der Waals surface area contributed by atoms with Crippen molar-refractivity contribution >= 4 is 22.7 Å². The fourth-order valence-electron chi connectivity index (χ4n) is 3.28. The van der Waals surface area contributed by atoms with Crippen LogP contribution < -0.4 is 11.1 Å². The van der Waals surface area contributed by atoms with Gasteiger partial charge in [-0.1, -0.05) is 12.1 Å². The van der Waals surface area contributed by atoms with Gasteiger partial charge in [0.2, 0.25) is 0 Å². The van der Waals surface area contributed by atoms with Crippen LogP contribution in [-0.2, 0) is 0 Å². The average Bonchev–Trinajstić information content (AvgIpc) is 3.28. The number of likely N-dealkylation sites (N-methyl/N-ethyl adjacent to an activating group) is 1. The molecule has 8 heteroatoms. The predicted octanol–water partition coefficient (Wildman–Crippen LogP) is 2.98. The number of nitrogens with zero attached hydrogens (tertiary/aromatic N) is 5. The number of hydrogen-bond acceptors (Lipinski definition) is 7. The molecule has 0 spiro atoms. The van der Waals surface area contributed by atoms with E-state index in [4.69, 9.17) is 5.73 Å². The van der Waals surface area contributed by atoms with Crippen molar-refractivity contribution in [3.05, 3.63) is 66.1 Å². The second-order valence-electron chi connectivity index (χ2n) is 7.08. The molecule has 0 bridgehead atoms. The van der Waals surface area contributed by atoms with Crippen LogP contribution in [0.2, 0.25) is 0 Å². The predicted molar refractivity (Wildman–Crippen MR) is 125 cm³/mol. The first-order valence-electron chi connectivity index (χ1n) is 10.0. The highest BCUT2D eigenvalue weighted by Crippen LogP contribution is 2.30. The monoisotopic (exact) mass is 412 g/mol. The van der Waals surface area contributed by atoms with Crippen molar-refractivity contribution in [2.45, 2.75) is 6.92 Å². The molecule has 1 aromatic carbocycles. The van der Waals surface area contributed by atoms with Crippen LogP contribution in [0.25, 0.3) is 39.1 Å². The lowest BCUT2D eigenvalue weighted by Gasteiger charge is -2.06. The van der Waals surface area contributed by atoms with Crippen molar-refractivity contribution in [2.75, 3.05) is 20.1 Å². The van der Waals surface area contributed by atoms with Crippen molar-refractivity contribution < 1.29 is 0 Å². The summed E-state index contributed by atoms with van der Waals surface area (Å²) in [6.07, 6.45) is 5.14. The Morgan fingerprint density at radius 3 is 2.84 bits per heavy atom. The molecule has 4 aromatic rings. The number of rotatable bonds is 7. The molecule has 0 radical (unpaired) electrons. The zero-order valence-electron chi connectivity index (χ0n) is 17.5. The standard InChI is InChI=1S/C23H24N8/c1-15-4-3-5-21(28-15)23-22(29-31-30-23)16-6-7-20-17(10-16)11-18(14-27-20)19(12-24)13-26-9-8-25-2/h3-7,10-14,25H,8-9,24H2,1-2H3,(H,29,30,31)/b19-12+,26-13?. The SMILES string of the molecule is CNCCN=C/C(=C\N)c1cnc2ccc(-c3n[nH]nc3-c3cccc(C)n3)cc2c1. The van der Waals surface area contributed by atoms with Gasteiger partial charge in [-0.15, -0.1) is 0 Å². The lowest BCUT2D eigenvalue weighted by molar-refractivity contribution is 0.804. The van der Waals surface area contributed by atoms with Gasteiger partial charge >= 0.3 is 0 Å². The number of pyridine rings is 2. The summed E-state index contributed by atoms with van der Waals surface area (Å²) in [6.45, 7) is 3.45. The summed E-state index contributed by atoms with van der Waals surface area (Å²) in [7, 11) is 1.90. The number of aromatic amines is 1. The van der Waals surface area contributed by atoms with Gasteiger partial charge in [0.15, 0.2) is 0 Å². The summed E-state index contributed by atoms with van der Waals surface area (Å²) >= 11 is 0. The second-order valence-corrected chi connectivity index (χ2v) is 7.08. The number of nitrogens with two attached hydrogens (primary N) is 1. The molecule has 0 aliphatic heterocycles. The molecule has 0 fully saturated rings. The minimum Gasteiger partial charge on any atom is -0.404 e. The van der Waals surface area contributed by atoms with E-state index in [0.717, 1.165) is 51.2 Å². The number of H-pyrrole nitrogens is 1. The van der Waals surface area contributed by atoms with E-state index in [-0.39, 0.29) is 0 Å². The molecule has 4 rings (SSSR count). The first-order valence-corrected chi connectivity index (χ1v) is 10.0. The van der Waals surface area contributed by atoms with Gasteiger partial charge in [-0.25, -0.2) is 0 Å². The molecule has 156 valence electrons. The molecule has 0 aliphatic carbocycles. The van der Waals surface area contributed by atoms with E-state index in [1.54, 1.807) is 12.4 Å². The van der Waals surface area contributed by atoms with Crippen LogP contribution in [0.15, 0.2) is 59.9 Å². The highest BCUT2D eigenvalue weighted by atomic mass is 15.3. The first kappa shape index (κ1) is 20.4. The molecule has 0 saturated carbocycles. The first-order chi connectivity index (χ1) is 15.2. The van der Waals surface area contributed by atoms with E-state index in [1.807, 2.05) is 50.5 Å². The van der Waals surface area contributed by atoms with Crippen molar-refractivity contribution in [3.8, 4) is 22.6 Å². The van der Waals surface area contributed by atoms with Gasteiger partial charge in [0.05, 0.1) is 17.8 Å². The Morgan fingerprint density at radius 2 is 2.03 bits per heavy atom. The van der Waals surface area contributed by atoms with E-state index in [1.165, 1.54) is 0 Å². The molecule has 31 heavy (non-hydrogen) atoms. The molecule has 0 saturated heterocycles. The number of aliphatic imine (C=N–C) groups is 1. The van der Waals surface area contributed by atoms with Crippen molar-refractivity contribution in [2.24, 2.45) is 10.7 Å². The van der Waals surface area contributed by atoms with Gasteiger partial charge in [-0.2, -0.15) is 15.4 Å². The Kier molecular flexibility index (Phi) is 6.09. The number of nitrogens with one attached hydrogen (secondary N) is 2. The summed E-state index contributed by atoms with van der Waals surface area (Å²) in [5.74, 6) is 0. The molecular weight excluding hydrogens is 388 g/mol. The number of aryl methyl sites for hydroxylation is 1. The summed E-state index contributed by atoms with van der Waals surface area (Å²) in [5.41, 5.74) is 12.5. The van der Waals surface area contributed by atoms with E-state index in [0.29, 0.717) is 12.2 Å². The number of allylic oxidation sites excluding steroid dienone is 1. The molecule has 0 unspecified atom stereocenters. The van der Waals surface area contributed by atoms with Gasteiger partial charge < -0.3 is 11.1 Å². The Morgan fingerprint density at radius 1 is 1.16 bits per heavy atom. The third-order valence-corrected chi connectivity index (χ3v) is 4.87. The van der Waals surface area contributed by atoms with Gasteiger partial charge in [0, 0.05) is 52.9 Å². The van der Waals surface area contributed by atoms with E-state index in [9.17, 15) is 0 Å². The summed E-state index contributed by atoms with van der Waals surface area (Å²) in [6, 6.07) is 13.9. The van der Waals surface area contributed by atoms with Crippen LogP contribution >= 0.6 is 0 Å². The molecule has 4 N–H and O–H groups in total. The van der Waals surface area contributed by atoms with Crippen LogP contribution in [-0.4, -0.2) is 51.7 Å². The Bertz CT molecular complexity index is 1260. The fourth-order valence-corrected chi connectivity index (χ4v) is 3.28. The molecule has 3 heterocycles. The van der Waals surface area contributed by atoms with Crippen LogP contribution in [0, 0.1) is 6.92 Å². The number of aromatic nitrogens is 5. The molecule has 0 amide bonds. The van der Waals surface area contributed by atoms with Crippen molar-refractivity contribution in [1.82, 2.24) is 30.7 Å². The molecule has 3 aromatic heterocycles. The summed E-state index contributed by atoms with van der Waals surface area (Å²) < 4.78 is 0. The number of hydrogen-bond donors (Lipinski definition) is 3. The van der Waals surface area contributed by atoms with Crippen LogP contribution in [0.4, 0.5) is 0 Å². The number of fused-ring (bicyclic) bond motifs is 1. The molecular formula is C23H24N8. The van der Waals surface area contributed by atoms with Gasteiger partial charge in [-0.05, 0) is 44.3 Å². The topological polar surface area (TPSA) is 118 Å². The van der Waals surface area contributed by atoms with Gasteiger partial charge in [0.25, 0.3) is 0 Å². The van der Waals surface area contributed by atoms with Crippen molar-refractivity contribution in [3.63, 3.8) is 0 Å². The molecule has 0 aliphatic rings. The quantitative estimate of drug-likeness (QED) is 0.317. The van der Waals surface area contributed by atoms with Crippen molar-refractivity contribution in [1.29, 1.82) is 0 Å². The minimum absolute atomic E-state index is 0.681. The number of benzene rings is 1. The van der Waals surface area contributed by atoms with E-state index in [2.05, 4.69) is 47.8 Å². The van der Waals surface area contributed by atoms with E-state index < -0.39 is 0 Å². The fraction of sp³-hybridized carbons (Fsp3) is 0.174. The Hall–Kier alpha value is -3.91. The Balaban J connectivity index is 1.71. The highest BCUT2D eigenvalue weighted by Gasteiger charge is 2.14.